The normalized spacial score (nSPS) is 16.4. The highest BCUT2D eigenvalue weighted by Crippen LogP contribution is 2.40. The zero-order valence-electron chi connectivity index (χ0n) is 7.52. The molecule has 1 unspecified atom stereocenters. The molecule has 5 heteroatoms. The highest BCUT2D eigenvalue weighted by molar-refractivity contribution is 6.31. The number of pyridine rings is 1. The third-order valence-corrected chi connectivity index (χ3v) is 2.55. The summed E-state index contributed by atoms with van der Waals surface area (Å²) in [6.07, 6.45) is 4.17. The molecule has 1 fully saturated rings. The Bertz CT molecular complexity index is 289. The van der Waals surface area contributed by atoms with Crippen molar-refractivity contribution in [3.8, 4) is 0 Å². The van der Waals surface area contributed by atoms with Crippen LogP contribution in [0.25, 0.3) is 0 Å². The lowest BCUT2D eigenvalue weighted by Gasteiger charge is -2.10. The van der Waals surface area contributed by atoms with Crippen LogP contribution in [0.1, 0.15) is 24.6 Å². The van der Waals surface area contributed by atoms with Gasteiger partial charge in [-0.3, -0.25) is 4.98 Å². The van der Waals surface area contributed by atoms with Crippen LogP contribution in [0.4, 0.5) is 0 Å². The number of hydrogen-bond acceptors (Lipinski definition) is 2. The van der Waals surface area contributed by atoms with E-state index >= 15 is 0 Å². The molecule has 0 radical (unpaired) electrons. The van der Waals surface area contributed by atoms with E-state index in [1.165, 1.54) is 12.8 Å². The average Bonchev–Trinajstić information content (AvgIpc) is 2.86. The summed E-state index contributed by atoms with van der Waals surface area (Å²) in [6, 6.07) is 3.70. The topological polar surface area (TPSA) is 38.9 Å². The van der Waals surface area contributed by atoms with Crippen LogP contribution in [-0.4, -0.2) is 4.98 Å². The van der Waals surface area contributed by atoms with E-state index < -0.39 is 0 Å². The van der Waals surface area contributed by atoms with Crippen molar-refractivity contribution >= 4 is 36.4 Å². The Morgan fingerprint density at radius 2 is 2.07 bits per heavy atom. The van der Waals surface area contributed by atoms with Gasteiger partial charge >= 0.3 is 0 Å². The van der Waals surface area contributed by atoms with Crippen LogP contribution >= 0.6 is 36.4 Å². The van der Waals surface area contributed by atoms with Gasteiger partial charge in [-0.2, -0.15) is 0 Å². The molecular weight excluding hydrogens is 242 g/mol. The molecule has 0 aromatic carbocycles. The Kier molecular flexibility index (Phi) is 5.75. The fraction of sp³-hybridized carbons (Fsp3) is 0.444. The van der Waals surface area contributed by atoms with Crippen LogP contribution in [0, 0.1) is 5.92 Å². The smallest absolute Gasteiger partial charge is 0.0759 e. The molecule has 2 rings (SSSR count). The van der Waals surface area contributed by atoms with Gasteiger partial charge in [0.2, 0.25) is 0 Å². The number of aromatic nitrogens is 1. The van der Waals surface area contributed by atoms with Crippen LogP contribution in [0.5, 0.6) is 0 Å². The minimum Gasteiger partial charge on any atom is -0.322 e. The van der Waals surface area contributed by atoms with E-state index in [1.807, 2.05) is 12.1 Å². The summed E-state index contributed by atoms with van der Waals surface area (Å²) in [5.41, 5.74) is 6.80. The molecule has 0 amide bonds. The van der Waals surface area contributed by atoms with Gasteiger partial charge in [0.05, 0.1) is 16.8 Å². The van der Waals surface area contributed by atoms with E-state index in [1.54, 1.807) is 6.20 Å². The first kappa shape index (κ1) is 14.0. The SMILES string of the molecule is Cl.Cl.NC(c1ncccc1Cl)C1CC1. The standard InChI is InChI=1S/C9H11ClN2.2ClH/c10-7-2-1-5-12-9(7)8(11)6-3-4-6;;/h1-2,5-6,8H,3-4,11H2;2*1H. The van der Waals surface area contributed by atoms with E-state index in [9.17, 15) is 0 Å². The second kappa shape index (κ2) is 5.76. The average molecular weight is 256 g/mol. The fourth-order valence-electron chi connectivity index (χ4n) is 1.32. The molecule has 2 N–H and O–H groups in total. The monoisotopic (exact) mass is 254 g/mol. The van der Waals surface area contributed by atoms with Crippen molar-refractivity contribution < 1.29 is 0 Å². The van der Waals surface area contributed by atoms with Crippen molar-refractivity contribution in [2.45, 2.75) is 18.9 Å². The van der Waals surface area contributed by atoms with Gasteiger partial charge in [0, 0.05) is 6.20 Å². The predicted octanol–water partition coefficient (Wildman–Crippen LogP) is 2.99. The van der Waals surface area contributed by atoms with Gasteiger partial charge in [-0.15, -0.1) is 24.8 Å². The van der Waals surface area contributed by atoms with E-state index in [0.29, 0.717) is 10.9 Å². The minimum absolute atomic E-state index is 0. The largest absolute Gasteiger partial charge is 0.322 e. The predicted molar refractivity (Wildman–Crippen MR) is 63.4 cm³/mol. The van der Waals surface area contributed by atoms with E-state index in [0.717, 1.165) is 5.69 Å². The molecule has 80 valence electrons. The summed E-state index contributed by atoms with van der Waals surface area (Å²) >= 11 is 5.95. The summed E-state index contributed by atoms with van der Waals surface area (Å²) in [4.78, 5) is 4.18. The zero-order chi connectivity index (χ0) is 8.55. The van der Waals surface area contributed by atoms with Crippen LogP contribution in [0.2, 0.25) is 5.02 Å². The van der Waals surface area contributed by atoms with Gasteiger partial charge in [-0.05, 0) is 30.9 Å². The number of nitrogens with two attached hydrogens (primary N) is 1. The Morgan fingerprint density at radius 1 is 1.43 bits per heavy atom. The molecule has 1 aromatic rings. The second-order valence-electron chi connectivity index (χ2n) is 3.23. The third kappa shape index (κ3) is 2.99. The lowest BCUT2D eigenvalue weighted by atomic mass is 10.1. The highest BCUT2D eigenvalue weighted by Gasteiger charge is 2.31. The Morgan fingerprint density at radius 3 is 2.57 bits per heavy atom. The van der Waals surface area contributed by atoms with Gasteiger partial charge in [0.25, 0.3) is 0 Å². The molecule has 1 heterocycles. The summed E-state index contributed by atoms with van der Waals surface area (Å²) < 4.78 is 0. The maximum absolute atomic E-state index is 5.95. The first-order chi connectivity index (χ1) is 5.79. The van der Waals surface area contributed by atoms with Crippen molar-refractivity contribution in [1.82, 2.24) is 4.98 Å². The zero-order valence-corrected chi connectivity index (χ0v) is 9.91. The molecule has 0 aliphatic heterocycles. The Balaban J connectivity index is 0.000000845. The van der Waals surface area contributed by atoms with Crippen molar-refractivity contribution in [1.29, 1.82) is 0 Å². The second-order valence-corrected chi connectivity index (χ2v) is 3.64. The molecule has 1 aliphatic rings. The van der Waals surface area contributed by atoms with E-state index in [2.05, 4.69) is 4.98 Å². The fourth-order valence-corrected chi connectivity index (χ4v) is 1.57. The summed E-state index contributed by atoms with van der Waals surface area (Å²) in [6.45, 7) is 0. The van der Waals surface area contributed by atoms with Gasteiger partial charge in [-0.25, -0.2) is 0 Å². The number of nitrogens with zero attached hydrogens (tertiary/aromatic N) is 1. The van der Waals surface area contributed by atoms with Gasteiger partial charge in [-0.1, -0.05) is 11.6 Å². The van der Waals surface area contributed by atoms with Crippen LogP contribution in [0.15, 0.2) is 18.3 Å². The lowest BCUT2D eigenvalue weighted by Crippen LogP contribution is -2.14. The molecule has 0 saturated heterocycles. The number of halogens is 3. The van der Waals surface area contributed by atoms with Gasteiger partial charge < -0.3 is 5.73 Å². The quantitative estimate of drug-likeness (QED) is 0.882. The minimum atomic E-state index is 0. The molecule has 1 atom stereocenters. The molecule has 0 bridgehead atoms. The van der Waals surface area contributed by atoms with E-state index in [-0.39, 0.29) is 30.9 Å². The van der Waals surface area contributed by atoms with E-state index in [4.69, 9.17) is 17.3 Å². The van der Waals surface area contributed by atoms with Crippen molar-refractivity contribution in [3.63, 3.8) is 0 Å². The summed E-state index contributed by atoms with van der Waals surface area (Å²) in [7, 11) is 0. The van der Waals surface area contributed by atoms with Crippen LogP contribution in [0.3, 0.4) is 0 Å². The van der Waals surface area contributed by atoms with Crippen LogP contribution < -0.4 is 5.73 Å². The Hall–Kier alpha value is -0.0200. The van der Waals surface area contributed by atoms with Gasteiger partial charge in [0.1, 0.15) is 0 Å². The molecule has 1 aromatic heterocycles. The molecular formula is C9H13Cl3N2. The lowest BCUT2D eigenvalue weighted by molar-refractivity contribution is 0.615. The van der Waals surface area contributed by atoms with Crippen LogP contribution in [-0.2, 0) is 0 Å². The molecule has 0 spiro atoms. The first-order valence-electron chi connectivity index (χ1n) is 4.15. The van der Waals surface area contributed by atoms with Crippen molar-refractivity contribution in [2.24, 2.45) is 11.7 Å². The molecule has 2 nitrogen and oxygen atoms in total. The Labute approximate surface area is 101 Å². The summed E-state index contributed by atoms with van der Waals surface area (Å²) in [5.74, 6) is 0.609. The van der Waals surface area contributed by atoms with Crippen molar-refractivity contribution in [2.75, 3.05) is 0 Å². The first-order valence-corrected chi connectivity index (χ1v) is 4.53. The van der Waals surface area contributed by atoms with Crippen molar-refractivity contribution in [3.05, 3.63) is 29.0 Å². The molecule has 1 aliphatic carbocycles. The maximum atomic E-state index is 5.95. The maximum Gasteiger partial charge on any atom is 0.0759 e. The molecule has 14 heavy (non-hydrogen) atoms. The number of hydrogen-bond donors (Lipinski definition) is 1. The highest BCUT2D eigenvalue weighted by atomic mass is 35.5. The number of rotatable bonds is 2. The van der Waals surface area contributed by atoms with Gasteiger partial charge in [0.15, 0.2) is 0 Å². The third-order valence-electron chi connectivity index (χ3n) is 2.23. The molecule has 1 saturated carbocycles. The summed E-state index contributed by atoms with van der Waals surface area (Å²) in [5, 5.41) is 0.692.